The minimum Gasteiger partial charge on any atom is -0.369 e. The third-order valence-electron chi connectivity index (χ3n) is 2.03. The summed E-state index contributed by atoms with van der Waals surface area (Å²) >= 11 is 5.49. The van der Waals surface area contributed by atoms with Crippen molar-refractivity contribution in [1.29, 1.82) is 0 Å². The number of aryl methyl sites for hydroxylation is 1. The molecule has 0 bridgehead atoms. The first-order chi connectivity index (χ1) is 6.56. The molecule has 0 aromatic carbocycles. The average Bonchev–Trinajstić information content (AvgIpc) is 2.47. The van der Waals surface area contributed by atoms with Crippen LogP contribution in [0.3, 0.4) is 0 Å². The molecule has 1 atom stereocenters. The number of rotatable bonds is 4. The van der Waals surface area contributed by atoms with Crippen molar-refractivity contribution in [3.05, 3.63) is 22.4 Å². The van der Waals surface area contributed by atoms with Crippen molar-refractivity contribution in [2.45, 2.75) is 19.4 Å². The van der Waals surface area contributed by atoms with Gasteiger partial charge in [0, 0.05) is 24.3 Å². The Balaban J connectivity index is 2.96. The Bertz CT molecular complexity index is 382. The minimum atomic E-state index is -0.487. The van der Waals surface area contributed by atoms with Gasteiger partial charge in [-0.25, -0.2) is 4.79 Å². The summed E-state index contributed by atoms with van der Waals surface area (Å²) in [5.41, 5.74) is 5.36. The van der Waals surface area contributed by atoms with Gasteiger partial charge in [0.2, 0.25) is 5.91 Å². The predicted octanol–water partition coefficient (Wildman–Crippen LogP) is 0.00400. The van der Waals surface area contributed by atoms with Gasteiger partial charge in [0.15, 0.2) is 0 Å². The van der Waals surface area contributed by atoms with Crippen LogP contribution >= 0.6 is 11.6 Å². The molecule has 1 amide bonds. The van der Waals surface area contributed by atoms with Gasteiger partial charge in [0.25, 0.3) is 0 Å². The third kappa shape index (κ3) is 2.17. The second-order valence-corrected chi connectivity index (χ2v) is 3.40. The number of carbonyl (C=O) groups excluding carboxylic acids is 1. The molecular weight excluding hydrogens is 206 g/mol. The molecule has 3 N–H and O–H groups in total. The number of carbonyl (C=O) groups is 1. The number of amides is 1. The second kappa shape index (κ2) is 4.32. The number of aromatic amines is 1. The Hall–Kier alpha value is -1.23. The number of aromatic nitrogens is 2. The lowest BCUT2D eigenvalue weighted by molar-refractivity contribution is -0.119. The highest BCUT2D eigenvalue weighted by molar-refractivity contribution is 6.17. The quantitative estimate of drug-likeness (QED) is 0.697. The SMILES string of the molecule is CC(C(N)=O)c1cn(CCCl)c(=O)[nH]1. The van der Waals surface area contributed by atoms with Crippen molar-refractivity contribution in [3.8, 4) is 0 Å². The van der Waals surface area contributed by atoms with E-state index < -0.39 is 11.8 Å². The highest BCUT2D eigenvalue weighted by Gasteiger charge is 2.14. The molecule has 5 nitrogen and oxygen atoms in total. The smallest absolute Gasteiger partial charge is 0.325 e. The van der Waals surface area contributed by atoms with Gasteiger partial charge >= 0.3 is 5.69 Å². The van der Waals surface area contributed by atoms with Crippen LogP contribution in [0, 0.1) is 0 Å². The zero-order valence-electron chi connectivity index (χ0n) is 7.79. The summed E-state index contributed by atoms with van der Waals surface area (Å²) in [5, 5.41) is 0. The van der Waals surface area contributed by atoms with Crippen LogP contribution in [0.2, 0.25) is 0 Å². The fraction of sp³-hybridized carbons (Fsp3) is 0.500. The van der Waals surface area contributed by atoms with Crippen LogP contribution in [0.1, 0.15) is 18.5 Å². The molecule has 78 valence electrons. The molecule has 0 saturated heterocycles. The molecule has 14 heavy (non-hydrogen) atoms. The fourth-order valence-electron chi connectivity index (χ4n) is 1.08. The van der Waals surface area contributed by atoms with Gasteiger partial charge < -0.3 is 10.7 Å². The molecule has 0 aliphatic carbocycles. The lowest BCUT2D eigenvalue weighted by Crippen LogP contribution is -2.19. The molecule has 0 radical (unpaired) electrons. The maximum atomic E-state index is 11.3. The summed E-state index contributed by atoms with van der Waals surface area (Å²) in [4.78, 5) is 24.7. The molecule has 1 aromatic rings. The van der Waals surface area contributed by atoms with Crippen molar-refractivity contribution in [3.63, 3.8) is 0 Å². The number of H-pyrrole nitrogens is 1. The number of alkyl halides is 1. The van der Waals surface area contributed by atoms with E-state index in [-0.39, 0.29) is 5.69 Å². The first-order valence-corrected chi connectivity index (χ1v) is 4.74. The summed E-state index contributed by atoms with van der Waals surface area (Å²) in [7, 11) is 0. The number of hydrogen-bond donors (Lipinski definition) is 2. The van der Waals surface area contributed by atoms with E-state index in [9.17, 15) is 9.59 Å². The zero-order chi connectivity index (χ0) is 10.7. The van der Waals surface area contributed by atoms with Gasteiger partial charge in [-0.2, -0.15) is 0 Å². The Morgan fingerprint density at radius 1 is 1.79 bits per heavy atom. The minimum absolute atomic E-state index is 0.270. The summed E-state index contributed by atoms with van der Waals surface area (Å²) in [6, 6.07) is 0. The van der Waals surface area contributed by atoms with E-state index >= 15 is 0 Å². The number of hydrogen-bond acceptors (Lipinski definition) is 2. The lowest BCUT2D eigenvalue weighted by Gasteiger charge is -2.01. The molecular formula is C8H12ClN3O2. The van der Waals surface area contributed by atoms with E-state index in [1.807, 2.05) is 0 Å². The number of nitrogens with one attached hydrogen (secondary N) is 1. The highest BCUT2D eigenvalue weighted by atomic mass is 35.5. The predicted molar refractivity (Wildman–Crippen MR) is 53.4 cm³/mol. The number of imidazole rings is 1. The first-order valence-electron chi connectivity index (χ1n) is 4.21. The van der Waals surface area contributed by atoms with Crippen LogP contribution in [0.4, 0.5) is 0 Å². The van der Waals surface area contributed by atoms with Gasteiger partial charge in [0.1, 0.15) is 0 Å². The van der Waals surface area contributed by atoms with Crippen molar-refractivity contribution >= 4 is 17.5 Å². The molecule has 1 rings (SSSR count). The van der Waals surface area contributed by atoms with Crippen LogP contribution in [0.25, 0.3) is 0 Å². The monoisotopic (exact) mass is 217 g/mol. The maximum Gasteiger partial charge on any atom is 0.325 e. The Morgan fingerprint density at radius 2 is 2.43 bits per heavy atom. The van der Waals surface area contributed by atoms with Gasteiger partial charge in [-0.3, -0.25) is 9.36 Å². The van der Waals surface area contributed by atoms with E-state index in [0.29, 0.717) is 18.1 Å². The lowest BCUT2D eigenvalue weighted by atomic mass is 10.1. The Labute approximate surface area is 85.9 Å². The summed E-state index contributed by atoms with van der Waals surface area (Å²) in [5.74, 6) is -0.606. The number of primary amides is 1. The number of nitrogens with two attached hydrogens (primary N) is 1. The molecule has 0 spiro atoms. The van der Waals surface area contributed by atoms with Crippen molar-refractivity contribution in [2.24, 2.45) is 5.73 Å². The first kappa shape index (κ1) is 10.8. The van der Waals surface area contributed by atoms with Gasteiger partial charge in [-0.1, -0.05) is 0 Å². The Kier molecular flexibility index (Phi) is 3.35. The van der Waals surface area contributed by atoms with Crippen molar-refractivity contribution in [2.75, 3.05) is 5.88 Å². The number of nitrogens with zero attached hydrogens (tertiary/aromatic N) is 1. The second-order valence-electron chi connectivity index (χ2n) is 3.02. The molecule has 0 fully saturated rings. The number of halogens is 1. The van der Waals surface area contributed by atoms with E-state index in [1.165, 1.54) is 4.57 Å². The van der Waals surface area contributed by atoms with Crippen LogP contribution in [-0.2, 0) is 11.3 Å². The third-order valence-corrected chi connectivity index (χ3v) is 2.19. The van der Waals surface area contributed by atoms with Crippen LogP contribution in [0.5, 0.6) is 0 Å². The molecule has 0 aliphatic rings. The molecule has 1 unspecified atom stereocenters. The summed E-state index contributed by atoms with van der Waals surface area (Å²) < 4.78 is 1.42. The molecule has 0 aliphatic heterocycles. The molecule has 0 saturated carbocycles. The van der Waals surface area contributed by atoms with E-state index in [1.54, 1.807) is 13.1 Å². The normalized spacial score (nSPS) is 12.7. The Morgan fingerprint density at radius 3 is 2.93 bits per heavy atom. The van der Waals surface area contributed by atoms with Crippen LogP contribution < -0.4 is 11.4 Å². The molecule has 6 heteroatoms. The highest BCUT2D eigenvalue weighted by Crippen LogP contribution is 2.09. The average molecular weight is 218 g/mol. The van der Waals surface area contributed by atoms with Gasteiger partial charge in [0.05, 0.1) is 5.92 Å². The van der Waals surface area contributed by atoms with E-state index in [2.05, 4.69) is 4.98 Å². The summed E-state index contributed by atoms with van der Waals surface area (Å²) in [6.45, 7) is 2.06. The maximum absolute atomic E-state index is 11.3. The van der Waals surface area contributed by atoms with Crippen LogP contribution in [-0.4, -0.2) is 21.3 Å². The van der Waals surface area contributed by atoms with Crippen molar-refractivity contribution < 1.29 is 4.79 Å². The van der Waals surface area contributed by atoms with E-state index in [4.69, 9.17) is 17.3 Å². The molecule has 1 heterocycles. The topological polar surface area (TPSA) is 80.9 Å². The van der Waals surface area contributed by atoms with Crippen LogP contribution in [0.15, 0.2) is 11.0 Å². The van der Waals surface area contributed by atoms with Gasteiger partial charge in [-0.05, 0) is 6.92 Å². The zero-order valence-corrected chi connectivity index (χ0v) is 8.54. The fourth-order valence-corrected chi connectivity index (χ4v) is 1.27. The standard InChI is InChI=1S/C8H12ClN3O2/c1-5(7(10)13)6-4-12(3-2-9)8(14)11-6/h4-5H,2-3H2,1H3,(H2,10,13)(H,11,14). The summed E-state index contributed by atoms with van der Waals surface area (Å²) in [6.07, 6.45) is 1.57. The van der Waals surface area contributed by atoms with Crippen molar-refractivity contribution in [1.82, 2.24) is 9.55 Å². The van der Waals surface area contributed by atoms with Gasteiger partial charge in [-0.15, -0.1) is 11.6 Å². The van der Waals surface area contributed by atoms with E-state index in [0.717, 1.165) is 0 Å². The largest absolute Gasteiger partial charge is 0.369 e. The molecule has 1 aromatic heterocycles.